The monoisotopic (exact) mass is 242 g/mol. The van der Waals surface area contributed by atoms with Gasteiger partial charge in [-0.05, 0) is 31.8 Å². The van der Waals surface area contributed by atoms with E-state index < -0.39 is 11.6 Å². The largest absolute Gasteiger partial charge is 0.467 e. The second-order valence-corrected chi connectivity index (χ2v) is 4.18. The zero-order chi connectivity index (χ0) is 12.9. The van der Waals surface area contributed by atoms with E-state index in [1.165, 1.54) is 14.0 Å². The molecule has 5 heteroatoms. The maximum absolute atomic E-state index is 11.5. The molecule has 17 heavy (non-hydrogen) atoms. The van der Waals surface area contributed by atoms with Crippen molar-refractivity contribution in [1.29, 1.82) is 0 Å². The van der Waals surface area contributed by atoms with Gasteiger partial charge in [-0.3, -0.25) is 4.79 Å². The van der Waals surface area contributed by atoms with Gasteiger partial charge in [0.1, 0.15) is 6.10 Å². The van der Waals surface area contributed by atoms with Gasteiger partial charge < -0.3 is 14.6 Å². The van der Waals surface area contributed by atoms with E-state index in [0.29, 0.717) is 19.3 Å². The number of hydrogen-bond acceptors (Lipinski definition) is 5. The van der Waals surface area contributed by atoms with Gasteiger partial charge in [0.25, 0.3) is 0 Å². The molecule has 0 aliphatic heterocycles. The summed E-state index contributed by atoms with van der Waals surface area (Å²) in [6.07, 6.45) is 4.71. The Morgan fingerprint density at radius 2 is 2.12 bits per heavy atom. The van der Waals surface area contributed by atoms with E-state index in [1.807, 2.05) is 0 Å². The lowest BCUT2D eigenvalue weighted by atomic mass is 9.88. The number of aliphatic hydroxyl groups is 1. The molecule has 0 aromatic carbocycles. The number of carbonyl (C=O) groups is 2. The van der Waals surface area contributed by atoms with Crippen LogP contribution < -0.4 is 0 Å². The zero-order valence-corrected chi connectivity index (χ0v) is 10.1. The van der Waals surface area contributed by atoms with Gasteiger partial charge in [-0.15, -0.1) is 0 Å². The molecule has 5 nitrogen and oxygen atoms in total. The van der Waals surface area contributed by atoms with Gasteiger partial charge in [0.15, 0.2) is 5.60 Å². The molecule has 1 aliphatic rings. The molecule has 0 aromatic heterocycles. The molecule has 0 amide bonds. The fourth-order valence-electron chi connectivity index (χ4n) is 1.88. The van der Waals surface area contributed by atoms with Gasteiger partial charge >= 0.3 is 11.9 Å². The van der Waals surface area contributed by atoms with Crippen LogP contribution in [0.1, 0.15) is 32.6 Å². The lowest BCUT2D eigenvalue weighted by molar-refractivity contribution is -0.164. The maximum Gasteiger partial charge on any atom is 0.337 e. The molecule has 0 radical (unpaired) electrons. The topological polar surface area (TPSA) is 72.8 Å². The standard InChI is InChI=1S/C12H18O5/c1-9(13)17-10-5-3-4-7-12(15,8-6-10)11(14)16-2/h3,5,10,15H,4,6-8H2,1-2H3/b5-3+/t10-,12-/m0/s1. The molecule has 2 atom stereocenters. The normalized spacial score (nSPS) is 30.9. The van der Waals surface area contributed by atoms with Crippen LogP contribution in [-0.2, 0) is 19.1 Å². The second kappa shape index (κ2) is 5.82. The average Bonchev–Trinajstić information content (AvgIpc) is 2.27. The summed E-state index contributed by atoms with van der Waals surface area (Å²) in [5.74, 6) is -1.00. The Labute approximate surface area is 100 Å². The third-order valence-corrected chi connectivity index (χ3v) is 2.80. The van der Waals surface area contributed by atoms with Crippen LogP contribution in [0.2, 0.25) is 0 Å². The summed E-state index contributed by atoms with van der Waals surface area (Å²) in [5, 5.41) is 10.1. The first-order valence-electron chi connectivity index (χ1n) is 5.62. The highest BCUT2D eigenvalue weighted by Gasteiger charge is 2.37. The summed E-state index contributed by atoms with van der Waals surface area (Å²) in [4.78, 5) is 22.3. The van der Waals surface area contributed by atoms with E-state index in [-0.39, 0.29) is 18.5 Å². The summed E-state index contributed by atoms with van der Waals surface area (Å²) in [7, 11) is 1.25. The van der Waals surface area contributed by atoms with E-state index in [0.717, 1.165) is 0 Å². The molecule has 0 bridgehead atoms. The smallest absolute Gasteiger partial charge is 0.337 e. The van der Waals surface area contributed by atoms with Crippen molar-refractivity contribution in [2.45, 2.75) is 44.3 Å². The van der Waals surface area contributed by atoms with Crippen LogP contribution >= 0.6 is 0 Å². The van der Waals surface area contributed by atoms with Crippen LogP contribution in [0.25, 0.3) is 0 Å². The van der Waals surface area contributed by atoms with Crippen LogP contribution in [-0.4, -0.2) is 35.9 Å². The van der Waals surface area contributed by atoms with E-state index in [2.05, 4.69) is 4.74 Å². The molecule has 0 fully saturated rings. The van der Waals surface area contributed by atoms with Gasteiger partial charge in [-0.2, -0.15) is 0 Å². The highest BCUT2D eigenvalue weighted by molar-refractivity contribution is 5.79. The number of methoxy groups -OCH3 is 1. The van der Waals surface area contributed by atoms with Crippen molar-refractivity contribution in [2.24, 2.45) is 0 Å². The Hall–Kier alpha value is -1.36. The lowest BCUT2D eigenvalue weighted by Gasteiger charge is -2.27. The van der Waals surface area contributed by atoms with E-state index in [4.69, 9.17) is 4.74 Å². The number of ether oxygens (including phenoxy) is 2. The van der Waals surface area contributed by atoms with E-state index in [9.17, 15) is 14.7 Å². The molecule has 1 N–H and O–H groups in total. The number of rotatable bonds is 2. The van der Waals surface area contributed by atoms with E-state index >= 15 is 0 Å². The van der Waals surface area contributed by atoms with Crippen LogP contribution in [0, 0.1) is 0 Å². The third kappa shape index (κ3) is 3.85. The molecular formula is C12H18O5. The molecule has 0 unspecified atom stereocenters. The van der Waals surface area contributed by atoms with Crippen molar-refractivity contribution in [3.8, 4) is 0 Å². The predicted molar refractivity (Wildman–Crippen MR) is 60.1 cm³/mol. The summed E-state index contributed by atoms with van der Waals surface area (Å²) in [6.45, 7) is 1.33. The minimum absolute atomic E-state index is 0.224. The Bertz CT molecular complexity index is 323. The Morgan fingerprint density at radius 1 is 1.41 bits per heavy atom. The van der Waals surface area contributed by atoms with Gasteiger partial charge in [-0.25, -0.2) is 4.79 Å². The van der Waals surface area contributed by atoms with Crippen molar-refractivity contribution in [1.82, 2.24) is 0 Å². The SMILES string of the molecule is COC(=O)[C@]1(O)CC/C=C/[C@H](OC(C)=O)CC1. The molecule has 0 spiro atoms. The maximum atomic E-state index is 11.5. The van der Waals surface area contributed by atoms with Crippen LogP contribution in [0.15, 0.2) is 12.2 Å². The minimum atomic E-state index is -1.47. The number of carbonyl (C=O) groups excluding carboxylic acids is 2. The zero-order valence-electron chi connectivity index (χ0n) is 10.1. The molecular weight excluding hydrogens is 224 g/mol. The minimum Gasteiger partial charge on any atom is -0.467 e. The van der Waals surface area contributed by atoms with E-state index in [1.54, 1.807) is 12.2 Å². The van der Waals surface area contributed by atoms with Gasteiger partial charge in [-0.1, -0.05) is 6.08 Å². The Morgan fingerprint density at radius 3 is 2.71 bits per heavy atom. The third-order valence-electron chi connectivity index (χ3n) is 2.80. The lowest BCUT2D eigenvalue weighted by Crippen LogP contribution is -2.41. The highest BCUT2D eigenvalue weighted by Crippen LogP contribution is 2.25. The van der Waals surface area contributed by atoms with Crippen molar-refractivity contribution in [2.75, 3.05) is 7.11 Å². The average molecular weight is 242 g/mol. The van der Waals surface area contributed by atoms with Crippen molar-refractivity contribution >= 4 is 11.9 Å². The summed E-state index contributed by atoms with van der Waals surface area (Å²) in [5.41, 5.74) is -1.47. The van der Waals surface area contributed by atoms with Gasteiger partial charge in [0.2, 0.25) is 0 Å². The quantitative estimate of drug-likeness (QED) is 0.576. The molecule has 1 rings (SSSR count). The Kier molecular flexibility index (Phi) is 4.69. The van der Waals surface area contributed by atoms with Crippen LogP contribution in [0.5, 0.6) is 0 Å². The molecule has 0 heterocycles. The van der Waals surface area contributed by atoms with Crippen molar-refractivity contribution in [3.63, 3.8) is 0 Å². The van der Waals surface area contributed by atoms with Gasteiger partial charge in [0.05, 0.1) is 7.11 Å². The molecule has 0 saturated carbocycles. The molecule has 0 saturated heterocycles. The Balaban J connectivity index is 2.69. The van der Waals surface area contributed by atoms with Crippen molar-refractivity contribution in [3.05, 3.63) is 12.2 Å². The first-order chi connectivity index (χ1) is 7.98. The first-order valence-corrected chi connectivity index (χ1v) is 5.62. The van der Waals surface area contributed by atoms with Crippen molar-refractivity contribution < 1.29 is 24.2 Å². The molecule has 1 aliphatic carbocycles. The summed E-state index contributed by atoms with van der Waals surface area (Å²) >= 11 is 0. The van der Waals surface area contributed by atoms with Crippen LogP contribution in [0.4, 0.5) is 0 Å². The first kappa shape index (κ1) is 13.7. The van der Waals surface area contributed by atoms with Gasteiger partial charge in [0, 0.05) is 6.92 Å². The second-order valence-electron chi connectivity index (χ2n) is 4.18. The molecule has 96 valence electrons. The summed E-state index contributed by atoms with van der Waals surface area (Å²) < 4.78 is 9.63. The number of hydrogen-bond donors (Lipinski definition) is 1. The fraction of sp³-hybridized carbons (Fsp3) is 0.667. The number of allylic oxidation sites excluding steroid dienone is 1. The number of esters is 2. The highest BCUT2D eigenvalue weighted by atomic mass is 16.5. The summed E-state index contributed by atoms with van der Waals surface area (Å²) in [6, 6.07) is 0. The molecule has 0 aromatic rings. The fourth-order valence-corrected chi connectivity index (χ4v) is 1.88. The predicted octanol–water partition coefficient (Wildman–Crippen LogP) is 0.952. The van der Waals surface area contributed by atoms with Crippen LogP contribution in [0.3, 0.4) is 0 Å².